The number of halogens is 2. The molecule has 0 radical (unpaired) electrons. The van der Waals surface area contributed by atoms with Gasteiger partial charge in [0.2, 0.25) is 11.8 Å². The molecule has 0 unspecified atom stereocenters. The quantitative estimate of drug-likeness (QED) is 0.491. The Morgan fingerprint density at radius 1 is 0.875 bits per heavy atom. The van der Waals surface area contributed by atoms with Gasteiger partial charge in [-0.1, -0.05) is 89.4 Å². The van der Waals surface area contributed by atoms with Crippen molar-refractivity contribution in [1.29, 1.82) is 0 Å². The predicted molar refractivity (Wildman–Crippen MR) is 130 cm³/mol. The number of rotatable bonds is 8. The second-order valence-electron chi connectivity index (χ2n) is 7.75. The van der Waals surface area contributed by atoms with Gasteiger partial charge in [0.05, 0.1) is 16.5 Å². The van der Waals surface area contributed by atoms with Crippen LogP contribution in [0.2, 0.25) is 10.0 Å². The smallest absolute Gasteiger partial charge is 0.242 e. The monoisotopic (exact) mass is 468 g/mol. The number of hydrogen-bond acceptors (Lipinski definition) is 2. The van der Waals surface area contributed by atoms with Gasteiger partial charge in [0, 0.05) is 20.0 Å². The highest BCUT2D eigenvalue weighted by Gasteiger charge is 2.29. The van der Waals surface area contributed by atoms with Crippen molar-refractivity contribution >= 4 is 35.0 Å². The molecule has 0 saturated heterocycles. The number of nitrogens with zero attached hydrogens (tertiary/aromatic N) is 1. The Labute approximate surface area is 199 Å². The molecular formula is C26H26Cl2N2O2. The van der Waals surface area contributed by atoms with Gasteiger partial charge in [0.15, 0.2) is 0 Å². The molecule has 0 aliphatic rings. The van der Waals surface area contributed by atoms with Crippen LogP contribution in [0, 0.1) is 6.92 Å². The molecule has 1 atom stereocenters. The van der Waals surface area contributed by atoms with E-state index in [2.05, 4.69) is 5.32 Å². The molecule has 0 saturated carbocycles. The van der Waals surface area contributed by atoms with Crippen LogP contribution in [0.15, 0.2) is 72.8 Å². The summed E-state index contributed by atoms with van der Waals surface area (Å²) in [7, 11) is 1.59. The molecule has 0 aliphatic heterocycles. The van der Waals surface area contributed by atoms with Gasteiger partial charge in [0.1, 0.15) is 6.04 Å². The highest BCUT2D eigenvalue weighted by molar-refractivity contribution is 6.42. The Morgan fingerprint density at radius 3 is 2.16 bits per heavy atom. The first-order valence-electron chi connectivity index (χ1n) is 10.4. The Hall–Kier alpha value is -2.82. The minimum Gasteiger partial charge on any atom is -0.357 e. The predicted octanol–water partition coefficient (Wildman–Crippen LogP) is 5.23. The van der Waals surface area contributed by atoms with E-state index in [1.807, 2.05) is 61.5 Å². The van der Waals surface area contributed by atoms with Crippen molar-refractivity contribution in [2.24, 2.45) is 0 Å². The van der Waals surface area contributed by atoms with E-state index in [0.717, 1.165) is 22.3 Å². The normalized spacial score (nSPS) is 11.6. The molecule has 32 heavy (non-hydrogen) atoms. The van der Waals surface area contributed by atoms with Crippen molar-refractivity contribution in [3.63, 3.8) is 0 Å². The molecule has 166 valence electrons. The zero-order valence-electron chi connectivity index (χ0n) is 18.1. The van der Waals surface area contributed by atoms with E-state index < -0.39 is 6.04 Å². The summed E-state index contributed by atoms with van der Waals surface area (Å²) in [5.41, 5.74) is 3.82. The van der Waals surface area contributed by atoms with Crippen molar-refractivity contribution in [3.05, 3.63) is 105 Å². The third kappa shape index (κ3) is 6.35. The SMILES string of the molecule is CNC(=O)[C@H](Cc1ccccc1)N(Cc1ccc(C)cc1)C(=O)Cc1ccc(Cl)c(Cl)c1. The van der Waals surface area contributed by atoms with Crippen molar-refractivity contribution in [1.82, 2.24) is 10.2 Å². The molecule has 3 aromatic rings. The fraction of sp³-hybridized carbons (Fsp3) is 0.231. The summed E-state index contributed by atoms with van der Waals surface area (Å²) in [6, 6.07) is 22.2. The molecule has 0 heterocycles. The van der Waals surface area contributed by atoms with E-state index in [1.54, 1.807) is 30.1 Å². The van der Waals surface area contributed by atoms with Gasteiger partial charge in [-0.15, -0.1) is 0 Å². The highest BCUT2D eigenvalue weighted by atomic mass is 35.5. The second-order valence-corrected chi connectivity index (χ2v) is 8.57. The maximum atomic E-state index is 13.5. The number of benzene rings is 3. The summed E-state index contributed by atoms with van der Waals surface area (Å²) in [5, 5.41) is 3.56. The number of carbonyl (C=O) groups is 2. The summed E-state index contributed by atoms with van der Waals surface area (Å²) in [4.78, 5) is 28.1. The maximum Gasteiger partial charge on any atom is 0.242 e. The molecule has 0 aromatic heterocycles. The summed E-state index contributed by atoms with van der Waals surface area (Å²) in [6.45, 7) is 2.34. The van der Waals surface area contributed by atoms with Crippen LogP contribution >= 0.6 is 23.2 Å². The Kier molecular flexibility index (Phi) is 8.32. The number of hydrogen-bond donors (Lipinski definition) is 1. The van der Waals surface area contributed by atoms with Crippen molar-refractivity contribution in [2.75, 3.05) is 7.05 Å². The minimum atomic E-state index is -0.654. The van der Waals surface area contributed by atoms with Gasteiger partial charge in [-0.3, -0.25) is 9.59 Å². The van der Waals surface area contributed by atoms with Crippen molar-refractivity contribution in [2.45, 2.75) is 32.4 Å². The lowest BCUT2D eigenvalue weighted by molar-refractivity contribution is -0.140. The van der Waals surface area contributed by atoms with Crippen LogP contribution in [-0.2, 0) is 29.0 Å². The van der Waals surface area contributed by atoms with E-state index in [4.69, 9.17) is 23.2 Å². The maximum absolute atomic E-state index is 13.5. The number of likely N-dealkylation sites (N-methyl/N-ethyl adjacent to an activating group) is 1. The minimum absolute atomic E-state index is 0.116. The third-order valence-electron chi connectivity index (χ3n) is 5.33. The summed E-state index contributed by atoms with van der Waals surface area (Å²) in [5.74, 6) is -0.364. The number of carbonyl (C=O) groups excluding carboxylic acids is 2. The fourth-order valence-corrected chi connectivity index (χ4v) is 3.86. The topological polar surface area (TPSA) is 49.4 Å². The standard InChI is InChI=1S/C26H26Cl2N2O2/c1-18-8-10-20(11-9-18)17-30(25(31)16-21-12-13-22(27)23(28)14-21)24(26(32)29-2)15-19-6-4-3-5-7-19/h3-14,24H,15-17H2,1-2H3,(H,29,32)/t24-/m0/s1. The van der Waals surface area contributed by atoms with E-state index >= 15 is 0 Å². The zero-order valence-corrected chi connectivity index (χ0v) is 19.7. The lowest BCUT2D eigenvalue weighted by Gasteiger charge is -2.31. The van der Waals surface area contributed by atoms with Gasteiger partial charge in [-0.25, -0.2) is 0 Å². The molecule has 0 bridgehead atoms. The third-order valence-corrected chi connectivity index (χ3v) is 6.07. The van der Waals surface area contributed by atoms with Crippen LogP contribution < -0.4 is 5.32 Å². The second kappa shape index (κ2) is 11.2. The van der Waals surface area contributed by atoms with Gasteiger partial charge in [-0.05, 0) is 35.7 Å². The Balaban J connectivity index is 1.93. The Morgan fingerprint density at radius 2 is 1.53 bits per heavy atom. The molecule has 3 aromatic carbocycles. The molecule has 1 N–H and O–H groups in total. The zero-order chi connectivity index (χ0) is 23.1. The first kappa shape index (κ1) is 23.8. The lowest BCUT2D eigenvalue weighted by Crippen LogP contribution is -2.50. The molecule has 6 heteroatoms. The fourth-order valence-electron chi connectivity index (χ4n) is 3.54. The van der Waals surface area contributed by atoms with E-state index in [9.17, 15) is 9.59 Å². The Bertz CT molecular complexity index is 1070. The number of nitrogens with one attached hydrogen (secondary N) is 1. The van der Waals surface area contributed by atoms with Crippen LogP contribution in [-0.4, -0.2) is 29.8 Å². The molecule has 0 fully saturated rings. The largest absolute Gasteiger partial charge is 0.357 e. The first-order valence-corrected chi connectivity index (χ1v) is 11.2. The molecule has 3 rings (SSSR count). The van der Waals surface area contributed by atoms with Crippen LogP contribution in [0.4, 0.5) is 0 Å². The van der Waals surface area contributed by atoms with E-state index in [0.29, 0.717) is 23.0 Å². The van der Waals surface area contributed by atoms with Crippen LogP contribution in [0.1, 0.15) is 22.3 Å². The molecule has 4 nitrogen and oxygen atoms in total. The van der Waals surface area contributed by atoms with E-state index in [1.165, 1.54) is 0 Å². The van der Waals surface area contributed by atoms with Gasteiger partial charge >= 0.3 is 0 Å². The van der Waals surface area contributed by atoms with Crippen LogP contribution in [0.25, 0.3) is 0 Å². The van der Waals surface area contributed by atoms with Crippen molar-refractivity contribution in [3.8, 4) is 0 Å². The number of amides is 2. The van der Waals surface area contributed by atoms with Crippen molar-refractivity contribution < 1.29 is 9.59 Å². The molecule has 0 spiro atoms. The number of aryl methyl sites for hydroxylation is 1. The lowest BCUT2D eigenvalue weighted by atomic mass is 10.0. The highest BCUT2D eigenvalue weighted by Crippen LogP contribution is 2.24. The van der Waals surface area contributed by atoms with Crippen LogP contribution in [0.3, 0.4) is 0 Å². The van der Waals surface area contributed by atoms with Gasteiger partial charge in [-0.2, -0.15) is 0 Å². The molecule has 0 aliphatic carbocycles. The molecular weight excluding hydrogens is 443 g/mol. The first-order chi connectivity index (χ1) is 15.4. The van der Waals surface area contributed by atoms with Crippen LogP contribution in [0.5, 0.6) is 0 Å². The van der Waals surface area contributed by atoms with E-state index in [-0.39, 0.29) is 18.2 Å². The average molecular weight is 469 g/mol. The van der Waals surface area contributed by atoms with Gasteiger partial charge < -0.3 is 10.2 Å². The summed E-state index contributed by atoms with van der Waals surface area (Å²) < 4.78 is 0. The average Bonchev–Trinajstić information content (AvgIpc) is 2.80. The molecule has 2 amide bonds. The summed E-state index contributed by atoms with van der Waals surface area (Å²) >= 11 is 12.2. The van der Waals surface area contributed by atoms with Gasteiger partial charge in [0.25, 0.3) is 0 Å². The summed E-state index contributed by atoms with van der Waals surface area (Å²) in [6.07, 6.45) is 0.532.